The molecule has 3 aromatic rings. The van der Waals surface area contributed by atoms with Crippen LogP contribution in [0.2, 0.25) is 0 Å². The Kier molecular flexibility index (Phi) is 7.91. The van der Waals surface area contributed by atoms with E-state index in [1.807, 2.05) is 19.9 Å². The molecule has 0 aromatic heterocycles. The molecule has 3 aromatic carbocycles. The Morgan fingerprint density at radius 3 is 2.32 bits per heavy atom. The van der Waals surface area contributed by atoms with E-state index in [0.29, 0.717) is 30.2 Å². The van der Waals surface area contributed by atoms with Crippen molar-refractivity contribution in [1.82, 2.24) is 0 Å². The molecule has 0 bridgehead atoms. The summed E-state index contributed by atoms with van der Waals surface area (Å²) in [6.07, 6.45) is 1.28. The van der Waals surface area contributed by atoms with E-state index < -0.39 is 22.5 Å². The average Bonchev–Trinajstić information content (AvgIpc) is 3.33. The summed E-state index contributed by atoms with van der Waals surface area (Å²) in [5.74, 6) is 0.253. The van der Waals surface area contributed by atoms with E-state index in [4.69, 9.17) is 9.47 Å². The normalized spacial score (nSPS) is 13.4. The van der Waals surface area contributed by atoms with Crippen LogP contribution in [-0.4, -0.2) is 47.5 Å². The Morgan fingerprint density at radius 1 is 0.974 bits per heavy atom. The van der Waals surface area contributed by atoms with E-state index in [1.54, 1.807) is 41.3 Å². The number of methoxy groups -OCH3 is 2. The maximum atomic E-state index is 13.7. The molecule has 10 heteroatoms. The van der Waals surface area contributed by atoms with Crippen LogP contribution in [0.5, 0.6) is 11.5 Å². The number of benzene rings is 3. The summed E-state index contributed by atoms with van der Waals surface area (Å²) in [6.45, 7) is 3.90. The van der Waals surface area contributed by atoms with Gasteiger partial charge in [0.1, 0.15) is 6.54 Å². The second kappa shape index (κ2) is 11.1. The molecule has 38 heavy (non-hydrogen) atoms. The number of carbonyl (C=O) groups is 2. The summed E-state index contributed by atoms with van der Waals surface area (Å²) in [7, 11) is -1.18. The number of sulfonamides is 1. The predicted molar refractivity (Wildman–Crippen MR) is 147 cm³/mol. The maximum absolute atomic E-state index is 13.7. The molecular formula is C28H31N3O6S. The highest BCUT2D eigenvalue weighted by Gasteiger charge is 2.29. The van der Waals surface area contributed by atoms with Crippen LogP contribution < -0.4 is 24.0 Å². The van der Waals surface area contributed by atoms with Crippen LogP contribution in [0, 0.1) is 13.8 Å². The first kappa shape index (κ1) is 27.0. The van der Waals surface area contributed by atoms with E-state index in [1.165, 1.54) is 32.4 Å². The lowest BCUT2D eigenvalue weighted by Gasteiger charge is -2.25. The van der Waals surface area contributed by atoms with Crippen molar-refractivity contribution in [3.8, 4) is 11.5 Å². The third kappa shape index (κ3) is 5.60. The highest BCUT2D eigenvalue weighted by atomic mass is 32.2. The Labute approximate surface area is 223 Å². The molecular weight excluding hydrogens is 506 g/mol. The van der Waals surface area contributed by atoms with Gasteiger partial charge in [-0.25, -0.2) is 8.42 Å². The number of nitrogens with one attached hydrogen (secondary N) is 1. The van der Waals surface area contributed by atoms with Crippen molar-refractivity contribution in [1.29, 1.82) is 0 Å². The molecule has 200 valence electrons. The number of nitrogens with zero attached hydrogens (tertiary/aromatic N) is 2. The first-order valence-corrected chi connectivity index (χ1v) is 13.6. The summed E-state index contributed by atoms with van der Waals surface area (Å²) >= 11 is 0. The van der Waals surface area contributed by atoms with Crippen LogP contribution in [0.15, 0.2) is 65.6 Å². The van der Waals surface area contributed by atoms with Crippen LogP contribution in [-0.2, 0) is 19.6 Å². The molecule has 1 N–H and O–H groups in total. The van der Waals surface area contributed by atoms with Gasteiger partial charge in [-0.15, -0.1) is 0 Å². The van der Waals surface area contributed by atoms with Crippen molar-refractivity contribution in [2.75, 3.05) is 41.8 Å². The number of ether oxygens (including phenoxy) is 2. The zero-order valence-corrected chi connectivity index (χ0v) is 22.7. The van der Waals surface area contributed by atoms with Crippen LogP contribution in [0.3, 0.4) is 0 Å². The highest BCUT2D eigenvalue weighted by Crippen LogP contribution is 2.34. The second-order valence-electron chi connectivity index (χ2n) is 9.06. The Balaban J connectivity index is 1.66. The second-order valence-corrected chi connectivity index (χ2v) is 10.9. The topological polar surface area (TPSA) is 105 Å². The lowest BCUT2D eigenvalue weighted by atomic mass is 10.1. The number of carbonyl (C=O) groups excluding carboxylic acids is 2. The lowest BCUT2D eigenvalue weighted by molar-refractivity contribution is -0.117. The summed E-state index contributed by atoms with van der Waals surface area (Å²) in [5, 5.41) is 2.79. The van der Waals surface area contributed by atoms with Gasteiger partial charge in [0.25, 0.3) is 10.0 Å². The Morgan fingerprint density at radius 2 is 1.68 bits per heavy atom. The number of hydrogen-bond acceptors (Lipinski definition) is 6. The first-order chi connectivity index (χ1) is 18.1. The van der Waals surface area contributed by atoms with E-state index >= 15 is 0 Å². The van der Waals surface area contributed by atoms with Gasteiger partial charge in [0.15, 0.2) is 11.5 Å². The van der Waals surface area contributed by atoms with Gasteiger partial charge in [-0.1, -0.05) is 23.8 Å². The third-order valence-corrected chi connectivity index (χ3v) is 8.20. The van der Waals surface area contributed by atoms with Gasteiger partial charge >= 0.3 is 0 Å². The fraction of sp³-hybridized carbons (Fsp3) is 0.286. The predicted octanol–water partition coefficient (Wildman–Crippen LogP) is 4.28. The van der Waals surface area contributed by atoms with Crippen molar-refractivity contribution >= 4 is 38.9 Å². The van der Waals surface area contributed by atoms with Gasteiger partial charge in [0, 0.05) is 30.4 Å². The Hall–Kier alpha value is -4.05. The van der Waals surface area contributed by atoms with Gasteiger partial charge < -0.3 is 19.7 Å². The van der Waals surface area contributed by atoms with Crippen LogP contribution >= 0.6 is 0 Å². The minimum absolute atomic E-state index is 0.0420. The molecule has 0 unspecified atom stereocenters. The van der Waals surface area contributed by atoms with Crippen LogP contribution in [0.25, 0.3) is 0 Å². The molecule has 1 heterocycles. The Bertz CT molecular complexity index is 1450. The molecule has 0 spiro atoms. The van der Waals surface area contributed by atoms with Crippen molar-refractivity contribution < 1.29 is 27.5 Å². The highest BCUT2D eigenvalue weighted by molar-refractivity contribution is 7.92. The largest absolute Gasteiger partial charge is 0.493 e. The molecule has 1 saturated heterocycles. The minimum Gasteiger partial charge on any atom is -0.493 e. The van der Waals surface area contributed by atoms with Gasteiger partial charge in [0.2, 0.25) is 11.8 Å². The first-order valence-electron chi connectivity index (χ1n) is 12.2. The van der Waals surface area contributed by atoms with E-state index in [0.717, 1.165) is 27.5 Å². The van der Waals surface area contributed by atoms with Gasteiger partial charge in [-0.3, -0.25) is 13.9 Å². The monoisotopic (exact) mass is 537 g/mol. The molecule has 1 aliphatic rings. The van der Waals surface area contributed by atoms with Crippen LogP contribution in [0.4, 0.5) is 17.1 Å². The van der Waals surface area contributed by atoms with Crippen molar-refractivity contribution in [2.45, 2.75) is 31.6 Å². The van der Waals surface area contributed by atoms with E-state index in [-0.39, 0.29) is 16.5 Å². The quantitative estimate of drug-likeness (QED) is 0.437. The number of amides is 2. The fourth-order valence-corrected chi connectivity index (χ4v) is 5.76. The SMILES string of the molecule is COc1ccc(N(CC(=O)Nc2ccc(C)c(N3CCCC3=O)c2)S(=O)(=O)c2ccc(C)cc2)cc1OC. The summed E-state index contributed by atoms with van der Waals surface area (Å²) in [4.78, 5) is 27.3. The van der Waals surface area contributed by atoms with Crippen molar-refractivity contribution in [3.05, 3.63) is 71.8 Å². The molecule has 0 aliphatic carbocycles. The smallest absolute Gasteiger partial charge is 0.264 e. The fourth-order valence-electron chi connectivity index (χ4n) is 4.34. The molecule has 9 nitrogen and oxygen atoms in total. The van der Waals surface area contributed by atoms with E-state index in [9.17, 15) is 18.0 Å². The summed E-state index contributed by atoms with van der Waals surface area (Å²) in [6, 6.07) is 16.4. The molecule has 1 aliphatic heterocycles. The minimum atomic E-state index is -4.11. The summed E-state index contributed by atoms with van der Waals surface area (Å²) in [5.41, 5.74) is 3.26. The van der Waals surface area contributed by atoms with E-state index in [2.05, 4.69) is 5.32 Å². The van der Waals surface area contributed by atoms with Crippen LogP contribution in [0.1, 0.15) is 24.0 Å². The standard InChI is InChI=1S/C28H31N3O6S/c1-19-7-12-23(13-8-19)38(34,35)31(22-11-14-25(36-3)26(17-22)37-4)18-27(32)29-21-10-9-20(2)24(16-21)30-15-5-6-28(30)33/h7-14,16-17H,5-6,15,18H2,1-4H3,(H,29,32). The zero-order chi connectivity index (χ0) is 27.4. The van der Waals surface area contributed by atoms with Gasteiger partial charge in [-0.2, -0.15) is 0 Å². The summed E-state index contributed by atoms with van der Waals surface area (Å²) < 4.78 is 39.1. The lowest BCUT2D eigenvalue weighted by Crippen LogP contribution is -2.38. The van der Waals surface area contributed by atoms with Gasteiger partial charge in [0.05, 0.1) is 24.8 Å². The zero-order valence-electron chi connectivity index (χ0n) is 21.9. The molecule has 1 fully saturated rings. The van der Waals surface area contributed by atoms with Gasteiger partial charge in [-0.05, 0) is 62.2 Å². The molecule has 0 radical (unpaired) electrons. The van der Waals surface area contributed by atoms with Crippen molar-refractivity contribution in [3.63, 3.8) is 0 Å². The number of rotatable bonds is 9. The maximum Gasteiger partial charge on any atom is 0.264 e. The molecule has 2 amide bonds. The molecule has 0 atom stereocenters. The number of hydrogen-bond donors (Lipinski definition) is 1. The number of aryl methyl sites for hydroxylation is 2. The average molecular weight is 538 g/mol. The van der Waals surface area contributed by atoms with Crippen molar-refractivity contribution in [2.24, 2.45) is 0 Å². The molecule has 0 saturated carbocycles. The molecule has 4 rings (SSSR count). The number of anilines is 3. The third-order valence-electron chi connectivity index (χ3n) is 6.41.